The molecule has 0 saturated heterocycles. The summed E-state index contributed by atoms with van der Waals surface area (Å²) in [5, 5.41) is 4.65. The standard InChI is InChI=1S/C31H24BrN3O4/c1-2-18-38-24-16-17-27(32)26(19-24)29-33-28-11-7-6-10-25(28)31(37)35(29)34-30(36)22-12-14-23(15-13-22)39-20-21-8-4-3-5-9-21/h1,3-17,19,29,33H,18,20H2,(H,34,36)/t29-/m0/s1. The van der Waals surface area contributed by atoms with Gasteiger partial charge in [0.2, 0.25) is 0 Å². The van der Waals surface area contributed by atoms with E-state index < -0.39 is 12.1 Å². The van der Waals surface area contributed by atoms with Crippen LogP contribution in [-0.2, 0) is 6.61 Å². The summed E-state index contributed by atoms with van der Waals surface area (Å²) >= 11 is 3.57. The van der Waals surface area contributed by atoms with Crippen molar-refractivity contribution in [2.45, 2.75) is 12.8 Å². The summed E-state index contributed by atoms with van der Waals surface area (Å²) < 4.78 is 12.1. The van der Waals surface area contributed by atoms with Crippen molar-refractivity contribution in [3.8, 4) is 23.8 Å². The molecule has 2 N–H and O–H groups in total. The highest BCUT2D eigenvalue weighted by molar-refractivity contribution is 9.10. The van der Waals surface area contributed by atoms with Crippen LogP contribution in [0.5, 0.6) is 11.5 Å². The van der Waals surface area contributed by atoms with E-state index in [9.17, 15) is 9.59 Å². The van der Waals surface area contributed by atoms with Gasteiger partial charge < -0.3 is 14.8 Å². The van der Waals surface area contributed by atoms with Gasteiger partial charge in [0.05, 0.1) is 5.56 Å². The number of hydrogen-bond donors (Lipinski definition) is 2. The van der Waals surface area contributed by atoms with Gasteiger partial charge in [-0.05, 0) is 60.2 Å². The summed E-state index contributed by atoms with van der Waals surface area (Å²) in [6, 6.07) is 29.1. The van der Waals surface area contributed by atoms with E-state index in [0.29, 0.717) is 40.5 Å². The van der Waals surface area contributed by atoms with Gasteiger partial charge in [-0.2, -0.15) is 0 Å². The van der Waals surface area contributed by atoms with E-state index in [0.717, 1.165) is 10.0 Å². The second-order valence-electron chi connectivity index (χ2n) is 8.68. The second kappa shape index (κ2) is 11.8. The molecule has 194 valence electrons. The van der Waals surface area contributed by atoms with Gasteiger partial charge in [0.25, 0.3) is 11.8 Å². The van der Waals surface area contributed by atoms with Gasteiger partial charge in [-0.15, -0.1) is 6.42 Å². The number of rotatable bonds is 8. The SMILES string of the molecule is C#CCOc1ccc(Br)c([C@H]2Nc3ccccc3C(=O)N2NC(=O)c2ccc(OCc3ccccc3)cc2)c1. The highest BCUT2D eigenvalue weighted by atomic mass is 79.9. The van der Waals surface area contributed by atoms with Crippen molar-refractivity contribution in [2.24, 2.45) is 0 Å². The zero-order chi connectivity index (χ0) is 27.2. The minimum Gasteiger partial charge on any atom is -0.489 e. The van der Waals surface area contributed by atoms with Crippen LogP contribution in [0.2, 0.25) is 0 Å². The molecule has 0 bridgehead atoms. The van der Waals surface area contributed by atoms with Crippen LogP contribution in [0.25, 0.3) is 0 Å². The average molecular weight is 582 g/mol. The third kappa shape index (κ3) is 5.89. The van der Waals surface area contributed by atoms with Gasteiger partial charge in [-0.25, -0.2) is 5.01 Å². The molecule has 0 fully saturated rings. The lowest BCUT2D eigenvalue weighted by molar-refractivity contribution is 0.0490. The monoisotopic (exact) mass is 581 g/mol. The Labute approximate surface area is 234 Å². The Balaban J connectivity index is 1.38. The van der Waals surface area contributed by atoms with Crippen LogP contribution in [0.1, 0.15) is 38.0 Å². The Morgan fingerprint density at radius 3 is 2.44 bits per heavy atom. The Morgan fingerprint density at radius 2 is 1.67 bits per heavy atom. The van der Waals surface area contributed by atoms with Crippen LogP contribution in [0.4, 0.5) is 5.69 Å². The fourth-order valence-electron chi connectivity index (χ4n) is 4.15. The molecule has 1 aliphatic heterocycles. The fraction of sp³-hybridized carbons (Fsp3) is 0.0968. The van der Waals surface area contributed by atoms with Crippen LogP contribution in [0.3, 0.4) is 0 Å². The largest absolute Gasteiger partial charge is 0.489 e. The molecule has 4 aromatic rings. The summed E-state index contributed by atoms with van der Waals surface area (Å²) in [4.78, 5) is 26.9. The van der Waals surface area contributed by atoms with Crippen LogP contribution in [0.15, 0.2) is 102 Å². The number of para-hydroxylation sites is 1. The fourth-order valence-corrected chi connectivity index (χ4v) is 4.61. The van der Waals surface area contributed by atoms with E-state index in [-0.39, 0.29) is 12.5 Å². The molecule has 1 atom stereocenters. The normalized spacial score (nSPS) is 14.0. The number of nitrogens with zero attached hydrogens (tertiary/aromatic N) is 1. The molecule has 4 aromatic carbocycles. The number of nitrogens with one attached hydrogen (secondary N) is 2. The number of anilines is 1. The van der Waals surface area contributed by atoms with Crippen LogP contribution in [0, 0.1) is 12.3 Å². The average Bonchev–Trinajstić information content (AvgIpc) is 2.98. The number of hydrazine groups is 1. The van der Waals surface area contributed by atoms with Gasteiger partial charge in [0.1, 0.15) is 30.9 Å². The van der Waals surface area contributed by atoms with Gasteiger partial charge in [0.15, 0.2) is 0 Å². The molecular formula is C31H24BrN3O4. The minimum atomic E-state index is -0.728. The molecule has 1 aliphatic rings. The maximum atomic E-state index is 13.6. The highest BCUT2D eigenvalue weighted by Crippen LogP contribution is 2.36. The lowest BCUT2D eigenvalue weighted by Crippen LogP contribution is -2.53. The second-order valence-corrected chi connectivity index (χ2v) is 9.54. The Bertz CT molecular complexity index is 1530. The Morgan fingerprint density at radius 1 is 0.949 bits per heavy atom. The number of ether oxygens (including phenoxy) is 2. The maximum Gasteiger partial charge on any atom is 0.276 e. The summed E-state index contributed by atoms with van der Waals surface area (Å²) in [6.45, 7) is 0.521. The number of carbonyl (C=O) groups excluding carboxylic acids is 2. The van der Waals surface area contributed by atoms with Crippen LogP contribution in [-0.4, -0.2) is 23.4 Å². The van der Waals surface area contributed by atoms with Crippen molar-refractivity contribution in [1.29, 1.82) is 0 Å². The van der Waals surface area contributed by atoms with E-state index in [1.807, 2.05) is 48.5 Å². The van der Waals surface area contributed by atoms with E-state index in [1.165, 1.54) is 5.01 Å². The quantitative estimate of drug-likeness (QED) is 0.251. The number of carbonyl (C=O) groups is 2. The first kappa shape index (κ1) is 25.9. The van der Waals surface area contributed by atoms with Gasteiger partial charge in [0, 0.05) is 21.3 Å². The first-order chi connectivity index (χ1) is 19.0. The molecule has 0 radical (unpaired) electrons. The van der Waals surface area contributed by atoms with Crippen molar-refractivity contribution in [3.05, 3.63) is 124 Å². The summed E-state index contributed by atoms with van der Waals surface area (Å²) in [6.07, 6.45) is 4.61. The predicted octanol–water partition coefficient (Wildman–Crippen LogP) is 5.95. The molecule has 0 saturated carbocycles. The van der Waals surface area contributed by atoms with Crippen LogP contribution < -0.4 is 20.2 Å². The van der Waals surface area contributed by atoms with E-state index in [1.54, 1.807) is 48.5 Å². The first-order valence-corrected chi connectivity index (χ1v) is 13.0. The summed E-state index contributed by atoms with van der Waals surface area (Å²) in [5.41, 5.74) is 5.98. The molecule has 0 aromatic heterocycles. The van der Waals surface area contributed by atoms with Gasteiger partial charge >= 0.3 is 0 Å². The number of terminal acetylenes is 1. The molecule has 1 heterocycles. The zero-order valence-electron chi connectivity index (χ0n) is 20.8. The van der Waals surface area contributed by atoms with Crippen molar-refractivity contribution in [1.82, 2.24) is 10.4 Å². The molecule has 8 heteroatoms. The molecule has 2 amide bonds. The molecule has 0 spiro atoms. The van der Waals surface area contributed by atoms with E-state index >= 15 is 0 Å². The summed E-state index contributed by atoms with van der Waals surface area (Å²) in [5.74, 6) is 2.81. The topological polar surface area (TPSA) is 79.9 Å². The third-order valence-electron chi connectivity index (χ3n) is 6.10. The Kier molecular flexibility index (Phi) is 7.80. The van der Waals surface area contributed by atoms with Crippen molar-refractivity contribution < 1.29 is 19.1 Å². The van der Waals surface area contributed by atoms with Crippen molar-refractivity contribution >= 4 is 33.4 Å². The number of benzene rings is 4. The number of fused-ring (bicyclic) bond motifs is 1. The van der Waals surface area contributed by atoms with Gasteiger partial charge in [-0.1, -0.05) is 64.3 Å². The molecule has 39 heavy (non-hydrogen) atoms. The highest BCUT2D eigenvalue weighted by Gasteiger charge is 2.35. The van der Waals surface area contributed by atoms with Crippen molar-refractivity contribution in [2.75, 3.05) is 11.9 Å². The van der Waals surface area contributed by atoms with E-state index in [2.05, 4.69) is 32.6 Å². The third-order valence-corrected chi connectivity index (χ3v) is 6.82. The first-order valence-electron chi connectivity index (χ1n) is 12.2. The molecular weight excluding hydrogens is 558 g/mol. The molecule has 0 unspecified atom stereocenters. The molecule has 5 rings (SSSR count). The maximum absolute atomic E-state index is 13.6. The van der Waals surface area contributed by atoms with E-state index in [4.69, 9.17) is 15.9 Å². The lowest BCUT2D eigenvalue weighted by Gasteiger charge is -2.38. The Hall–Kier alpha value is -4.74. The zero-order valence-corrected chi connectivity index (χ0v) is 22.4. The number of hydrogen-bond acceptors (Lipinski definition) is 5. The smallest absolute Gasteiger partial charge is 0.276 e. The predicted molar refractivity (Wildman–Crippen MR) is 152 cm³/mol. The van der Waals surface area contributed by atoms with Crippen molar-refractivity contribution in [3.63, 3.8) is 0 Å². The minimum absolute atomic E-state index is 0.104. The number of halogens is 1. The molecule has 7 nitrogen and oxygen atoms in total. The number of amides is 2. The molecule has 0 aliphatic carbocycles. The van der Waals surface area contributed by atoms with Crippen LogP contribution >= 0.6 is 15.9 Å². The summed E-state index contributed by atoms with van der Waals surface area (Å²) in [7, 11) is 0. The van der Waals surface area contributed by atoms with Gasteiger partial charge in [-0.3, -0.25) is 15.0 Å². The lowest BCUT2D eigenvalue weighted by atomic mass is 10.0.